The maximum Gasteiger partial charge on any atom is 0.173 e. The number of hydrogen-bond donors (Lipinski definition) is 0. The van der Waals surface area contributed by atoms with Crippen molar-refractivity contribution in [1.29, 1.82) is 0 Å². The van der Waals surface area contributed by atoms with Gasteiger partial charge in [-0.1, -0.05) is 54.1 Å². The summed E-state index contributed by atoms with van der Waals surface area (Å²) in [6.07, 6.45) is 0. The number of rotatable bonds is 5. The van der Waals surface area contributed by atoms with Crippen LogP contribution in [0.2, 0.25) is 5.02 Å². The van der Waals surface area contributed by atoms with Crippen LogP contribution in [-0.4, -0.2) is 56.2 Å². The first-order chi connectivity index (χ1) is 14.4. The number of hydrogen-bond acceptors (Lipinski definition) is 5. The highest BCUT2D eigenvalue weighted by Gasteiger charge is 2.33. The first kappa shape index (κ1) is 21.0. The van der Waals surface area contributed by atoms with Crippen molar-refractivity contribution < 1.29 is 0 Å². The van der Waals surface area contributed by atoms with Crippen LogP contribution < -0.4 is 0 Å². The number of piperazine rings is 1. The summed E-state index contributed by atoms with van der Waals surface area (Å²) in [4.78, 5) is 5.00. The van der Waals surface area contributed by atoms with E-state index in [4.69, 9.17) is 11.6 Å². The van der Waals surface area contributed by atoms with Crippen molar-refractivity contribution in [3.63, 3.8) is 0 Å². The highest BCUT2D eigenvalue weighted by molar-refractivity contribution is 6.30. The first-order valence-electron chi connectivity index (χ1n) is 10.5. The molecule has 4 rings (SSSR count). The average molecular weight is 425 g/mol. The van der Waals surface area contributed by atoms with E-state index in [0.29, 0.717) is 0 Å². The zero-order valence-electron chi connectivity index (χ0n) is 17.9. The molecule has 1 unspecified atom stereocenters. The lowest BCUT2D eigenvalue weighted by molar-refractivity contribution is 0.0979. The van der Waals surface area contributed by atoms with Gasteiger partial charge in [0, 0.05) is 37.7 Å². The zero-order chi connectivity index (χ0) is 21.1. The molecule has 1 saturated heterocycles. The van der Waals surface area contributed by atoms with Gasteiger partial charge in [-0.2, -0.15) is 0 Å². The molecule has 3 aromatic rings. The molecule has 0 saturated carbocycles. The van der Waals surface area contributed by atoms with Crippen molar-refractivity contribution in [3.8, 4) is 0 Å². The Morgan fingerprint density at radius 2 is 1.60 bits per heavy atom. The van der Waals surface area contributed by atoms with Crippen LogP contribution in [0.25, 0.3) is 0 Å². The van der Waals surface area contributed by atoms with Gasteiger partial charge in [0.2, 0.25) is 0 Å². The maximum absolute atomic E-state index is 6.16. The summed E-state index contributed by atoms with van der Waals surface area (Å²) in [6, 6.07) is 18.7. The molecule has 1 aliphatic rings. The van der Waals surface area contributed by atoms with Gasteiger partial charge < -0.3 is 0 Å². The number of halogens is 1. The van der Waals surface area contributed by atoms with Gasteiger partial charge in [-0.3, -0.25) is 9.80 Å². The molecule has 0 spiro atoms. The summed E-state index contributed by atoms with van der Waals surface area (Å²) in [5.74, 6) is 0.876. The van der Waals surface area contributed by atoms with E-state index in [-0.39, 0.29) is 11.6 Å². The van der Waals surface area contributed by atoms with Crippen LogP contribution in [-0.2, 0) is 12.1 Å². The number of nitrogens with zero attached hydrogens (tertiary/aromatic N) is 6. The van der Waals surface area contributed by atoms with Gasteiger partial charge in [-0.15, -0.1) is 5.10 Å². The molecule has 1 atom stereocenters. The molecule has 2 heterocycles. The Labute approximate surface area is 183 Å². The van der Waals surface area contributed by atoms with Gasteiger partial charge in [0.05, 0.1) is 11.6 Å². The van der Waals surface area contributed by atoms with Crippen molar-refractivity contribution in [2.75, 3.05) is 26.2 Å². The van der Waals surface area contributed by atoms with Gasteiger partial charge in [-0.05, 0) is 54.5 Å². The molecule has 7 heteroatoms. The van der Waals surface area contributed by atoms with E-state index < -0.39 is 0 Å². The van der Waals surface area contributed by atoms with E-state index in [2.05, 4.69) is 88.6 Å². The third-order valence-corrected chi connectivity index (χ3v) is 5.83. The lowest BCUT2D eigenvalue weighted by Crippen LogP contribution is -2.48. The fraction of sp³-hybridized carbons (Fsp3) is 0.435. The Morgan fingerprint density at radius 3 is 2.23 bits per heavy atom. The second-order valence-corrected chi connectivity index (χ2v) is 9.31. The van der Waals surface area contributed by atoms with E-state index in [0.717, 1.165) is 49.1 Å². The third kappa shape index (κ3) is 4.72. The minimum absolute atomic E-state index is 0.00429. The summed E-state index contributed by atoms with van der Waals surface area (Å²) in [7, 11) is 0. The molecule has 0 radical (unpaired) electrons. The summed E-state index contributed by atoms with van der Waals surface area (Å²) >= 11 is 6.16. The summed E-state index contributed by atoms with van der Waals surface area (Å²) in [5, 5.41) is 13.5. The van der Waals surface area contributed by atoms with Crippen molar-refractivity contribution >= 4 is 11.6 Å². The van der Waals surface area contributed by atoms with Crippen molar-refractivity contribution in [2.45, 2.75) is 38.9 Å². The molecule has 0 amide bonds. The number of benzene rings is 2. The molecule has 0 aliphatic carbocycles. The quantitative estimate of drug-likeness (QED) is 0.619. The predicted octanol–water partition coefficient (Wildman–Crippen LogP) is 3.99. The normalized spacial score (nSPS) is 17.2. The van der Waals surface area contributed by atoms with Crippen molar-refractivity contribution in [1.82, 2.24) is 30.0 Å². The second-order valence-electron chi connectivity index (χ2n) is 8.87. The highest BCUT2D eigenvalue weighted by atomic mass is 35.5. The molecule has 0 bridgehead atoms. The lowest BCUT2D eigenvalue weighted by Gasteiger charge is -2.39. The van der Waals surface area contributed by atoms with Gasteiger partial charge in [0.25, 0.3) is 0 Å². The van der Waals surface area contributed by atoms with Crippen LogP contribution in [0.4, 0.5) is 0 Å². The molecule has 1 aromatic heterocycles. The van der Waals surface area contributed by atoms with E-state index >= 15 is 0 Å². The van der Waals surface area contributed by atoms with Gasteiger partial charge in [0.1, 0.15) is 0 Å². The first-order valence-corrected chi connectivity index (χ1v) is 10.8. The van der Waals surface area contributed by atoms with Crippen LogP contribution >= 0.6 is 11.6 Å². The molecule has 1 fully saturated rings. The molecule has 0 N–H and O–H groups in total. The summed E-state index contributed by atoms with van der Waals surface area (Å²) in [6.45, 7) is 11.3. The van der Waals surface area contributed by atoms with E-state index in [1.807, 2.05) is 16.8 Å². The second kappa shape index (κ2) is 8.84. The van der Waals surface area contributed by atoms with E-state index in [1.165, 1.54) is 5.56 Å². The fourth-order valence-electron chi connectivity index (χ4n) is 4.03. The van der Waals surface area contributed by atoms with Crippen LogP contribution in [0.3, 0.4) is 0 Å². The molecule has 2 aromatic carbocycles. The predicted molar refractivity (Wildman–Crippen MR) is 119 cm³/mol. The molecular weight excluding hydrogens is 396 g/mol. The van der Waals surface area contributed by atoms with Crippen LogP contribution in [0.5, 0.6) is 0 Å². The molecular formula is C23H29ClN6. The topological polar surface area (TPSA) is 50.1 Å². The van der Waals surface area contributed by atoms with Crippen molar-refractivity contribution in [3.05, 3.63) is 76.6 Å². The largest absolute Gasteiger partial charge is 0.297 e. The smallest absolute Gasteiger partial charge is 0.173 e. The Morgan fingerprint density at radius 1 is 0.933 bits per heavy atom. The minimum Gasteiger partial charge on any atom is -0.297 e. The molecule has 30 heavy (non-hydrogen) atoms. The fourth-order valence-corrected chi connectivity index (χ4v) is 4.16. The van der Waals surface area contributed by atoms with Gasteiger partial charge in [-0.25, -0.2) is 4.68 Å². The Bertz CT molecular complexity index is 940. The summed E-state index contributed by atoms with van der Waals surface area (Å²) in [5.41, 5.74) is 2.33. The van der Waals surface area contributed by atoms with E-state index in [9.17, 15) is 0 Å². The Balaban J connectivity index is 1.57. The molecule has 1 aliphatic heterocycles. The van der Waals surface area contributed by atoms with Crippen LogP contribution in [0.15, 0.2) is 54.6 Å². The van der Waals surface area contributed by atoms with E-state index in [1.54, 1.807) is 0 Å². The lowest BCUT2D eigenvalue weighted by atomic mass is 10.0. The average Bonchev–Trinajstić information content (AvgIpc) is 3.22. The zero-order valence-corrected chi connectivity index (χ0v) is 18.6. The Hall–Kier alpha value is -2.28. The summed E-state index contributed by atoms with van der Waals surface area (Å²) < 4.78 is 1.95. The maximum atomic E-state index is 6.16. The van der Waals surface area contributed by atoms with Crippen molar-refractivity contribution in [2.24, 2.45) is 0 Å². The SMILES string of the molecule is CC(C)(C)n1nnnc1C(c1ccc(Cl)cc1)N1CCN(Cc2ccccc2)CC1. The number of tetrazole rings is 1. The monoisotopic (exact) mass is 424 g/mol. The third-order valence-electron chi connectivity index (χ3n) is 5.58. The Kier molecular flexibility index (Phi) is 6.18. The minimum atomic E-state index is -0.196. The highest BCUT2D eigenvalue weighted by Crippen LogP contribution is 2.31. The van der Waals surface area contributed by atoms with Crippen LogP contribution in [0.1, 0.15) is 43.8 Å². The standard InChI is InChI=1S/C23H29ClN6/c1-23(2,3)30-22(25-26-27-30)21(19-9-11-20(24)12-10-19)29-15-13-28(14-16-29)17-18-7-5-4-6-8-18/h4-12,21H,13-17H2,1-3H3. The number of aromatic nitrogens is 4. The van der Waals surface area contributed by atoms with Gasteiger partial charge >= 0.3 is 0 Å². The van der Waals surface area contributed by atoms with Crippen LogP contribution in [0, 0.1) is 0 Å². The molecule has 6 nitrogen and oxygen atoms in total. The van der Waals surface area contributed by atoms with Gasteiger partial charge in [0.15, 0.2) is 5.82 Å². The molecule has 158 valence electrons.